The Morgan fingerprint density at radius 1 is 1.16 bits per heavy atom. The van der Waals surface area contributed by atoms with Crippen LogP contribution in [0.15, 0.2) is 30.3 Å². The number of hydrogen-bond acceptors (Lipinski definition) is 4. The Labute approximate surface area is 152 Å². The first-order chi connectivity index (χ1) is 12.2. The molecule has 1 aromatic carbocycles. The topological polar surface area (TPSA) is 36.5 Å². The fourth-order valence-electron chi connectivity index (χ4n) is 4.48. The lowest BCUT2D eigenvalue weighted by atomic mass is 9.88. The third kappa shape index (κ3) is 4.43. The summed E-state index contributed by atoms with van der Waals surface area (Å²) in [5.41, 5.74) is 1.52. The van der Waals surface area contributed by atoms with Crippen LogP contribution in [0, 0.1) is 0 Å². The summed E-state index contributed by atoms with van der Waals surface area (Å²) in [5.74, 6) is 0. The molecule has 0 spiro atoms. The SMILES string of the molecule is CC(NC1(CNC2CCN(C3CC3)C2)CCOCC1)c1ccccc1. The zero-order valence-corrected chi connectivity index (χ0v) is 15.5. The highest BCUT2D eigenvalue weighted by molar-refractivity contribution is 5.19. The van der Waals surface area contributed by atoms with E-state index < -0.39 is 0 Å². The molecule has 3 aliphatic rings. The van der Waals surface area contributed by atoms with Crippen LogP contribution in [0.5, 0.6) is 0 Å². The smallest absolute Gasteiger partial charge is 0.0484 e. The molecule has 3 fully saturated rings. The highest BCUT2D eigenvalue weighted by atomic mass is 16.5. The van der Waals surface area contributed by atoms with E-state index in [-0.39, 0.29) is 5.54 Å². The summed E-state index contributed by atoms with van der Waals surface area (Å²) in [7, 11) is 0. The Hall–Kier alpha value is -0.940. The fraction of sp³-hybridized carbons (Fsp3) is 0.714. The van der Waals surface area contributed by atoms with E-state index in [0.29, 0.717) is 12.1 Å². The molecule has 0 aromatic heterocycles. The van der Waals surface area contributed by atoms with Crippen LogP contribution in [0.4, 0.5) is 0 Å². The van der Waals surface area contributed by atoms with Gasteiger partial charge in [-0.25, -0.2) is 0 Å². The van der Waals surface area contributed by atoms with Crippen LogP contribution in [0.25, 0.3) is 0 Å². The summed E-state index contributed by atoms with van der Waals surface area (Å²) >= 11 is 0. The molecule has 0 amide bonds. The normalized spacial score (nSPS) is 28.1. The fourth-order valence-corrected chi connectivity index (χ4v) is 4.48. The number of rotatable bonds is 7. The van der Waals surface area contributed by atoms with E-state index in [9.17, 15) is 0 Å². The minimum Gasteiger partial charge on any atom is -0.381 e. The lowest BCUT2D eigenvalue weighted by molar-refractivity contribution is 0.0328. The van der Waals surface area contributed by atoms with Gasteiger partial charge in [-0.3, -0.25) is 4.90 Å². The summed E-state index contributed by atoms with van der Waals surface area (Å²) in [6.45, 7) is 7.61. The Morgan fingerprint density at radius 2 is 1.92 bits per heavy atom. The molecular weight excluding hydrogens is 310 g/mol. The van der Waals surface area contributed by atoms with E-state index in [0.717, 1.165) is 38.6 Å². The number of hydrogen-bond donors (Lipinski definition) is 2. The van der Waals surface area contributed by atoms with Crippen molar-refractivity contribution in [2.24, 2.45) is 0 Å². The summed E-state index contributed by atoms with van der Waals surface area (Å²) in [5, 5.41) is 7.86. The van der Waals surface area contributed by atoms with Gasteiger partial charge in [-0.2, -0.15) is 0 Å². The van der Waals surface area contributed by atoms with E-state index in [1.54, 1.807) is 0 Å². The minimum absolute atomic E-state index is 0.153. The zero-order chi connectivity index (χ0) is 17.1. The number of nitrogens with zero attached hydrogens (tertiary/aromatic N) is 1. The van der Waals surface area contributed by atoms with Crippen LogP contribution in [-0.2, 0) is 4.74 Å². The molecule has 1 aromatic rings. The van der Waals surface area contributed by atoms with Crippen molar-refractivity contribution in [2.75, 3.05) is 32.8 Å². The van der Waals surface area contributed by atoms with E-state index in [2.05, 4.69) is 52.8 Å². The minimum atomic E-state index is 0.153. The Bertz CT molecular complexity index is 539. The first-order valence-electron chi connectivity index (χ1n) is 10.1. The molecule has 138 valence electrons. The Kier molecular flexibility index (Phi) is 5.41. The maximum Gasteiger partial charge on any atom is 0.0484 e. The highest BCUT2D eigenvalue weighted by Crippen LogP contribution is 2.30. The summed E-state index contributed by atoms with van der Waals surface area (Å²) < 4.78 is 5.66. The van der Waals surface area contributed by atoms with Gasteiger partial charge < -0.3 is 15.4 Å². The highest BCUT2D eigenvalue weighted by Gasteiger charge is 2.37. The van der Waals surface area contributed by atoms with Gasteiger partial charge in [0.1, 0.15) is 0 Å². The van der Waals surface area contributed by atoms with Gasteiger partial charge in [-0.1, -0.05) is 30.3 Å². The van der Waals surface area contributed by atoms with E-state index in [1.165, 1.54) is 37.9 Å². The Morgan fingerprint density at radius 3 is 2.64 bits per heavy atom. The van der Waals surface area contributed by atoms with E-state index in [1.807, 2.05) is 0 Å². The van der Waals surface area contributed by atoms with Crippen LogP contribution in [-0.4, -0.2) is 55.4 Å². The van der Waals surface area contributed by atoms with Gasteiger partial charge >= 0.3 is 0 Å². The second-order valence-corrected chi connectivity index (χ2v) is 8.26. The molecule has 2 unspecified atom stereocenters. The van der Waals surface area contributed by atoms with Crippen molar-refractivity contribution in [3.8, 4) is 0 Å². The maximum atomic E-state index is 5.66. The van der Waals surface area contributed by atoms with Gasteiger partial charge in [-0.05, 0) is 44.6 Å². The lowest BCUT2D eigenvalue weighted by Crippen LogP contribution is -2.57. The quantitative estimate of drug-likeness (QED) is 0.798. The third-order valence-corrected chi connectivity index (χ3v) is 6.28. The zero-order valence-electron chi connectivity index (χ0n) is 15.5. The van der Waals surface area contributed by atoms with Gasteiger partial charge in [0, 0.05) is 56.5 Å². The van der Waals surface area contributed by atoms with Crippen LogP contribution in [0.1, 0.15) is 50.6 Å². The number of ether oxygens (including phenoxy) is 1. The molecule has 0 radical (unpaired) electrons. The van der Waals surface area contributed by atoms with Gasteiger partial charge in [0.2, 0.25) is 0 Å². The third-order valence-electron chi connectivity index (χ3n) is 6.28. The molecule has 1 aliphatic carbocycles. The predicted molar refractivity (Wildman–Crippen MR) is 102 cm³/mol. The summed E-state index contributed by atoms with van der Waals surface area (Å²) in [6.07, 6.45) is 6.33. The molecule has 2 saturated heterocycles. The molecular formula is C21H33N3O. The number of benzene rings is 1. The second kappa shape index (κ2) is 7.75. The molecule has 2 atom stereocenters. The average Bonchev–Trinajstić information content (AvgIpc) is 3.40. The van der Waals surface area contributed by atoms with Crippen molar-refractivity contribution in [3.05, 3.63) is 35.9 Å². The first-order valence-corrected chi connectivity index (χ1v) is 10.1. The lowest BCUT2D eigenvalue weighted by Gasteiger charge is -2.41. The maximum absolute atomic E-state index is 5.66. The van der Waals surface area contributed by atoms with E-state index in [4.69, 9.17) is 4.74 Å². The molecule has 2 heterocycles. The van der Waals surface area contributed by atoms with Crippen LogP contribution in [0.2, 0.25) is 0 Å². The van der Waals surface area contributed by atoms with Gasteiger partial charge in [0.15, 0.2) is 0 Å². The summed E-state index contributed by atoms with van der Waals surface area (Å²) in [6, 6.07) is 12.7. The summed E-state index contributed by atoms with van der Waals surface area (Å²) in [4.78, 5) is 2.69. The van der Waals surface area contributed by atoms with Crippen molar-refractivity contribution < 1.29 is 4.74 Å². The molecule has 4 rings (SSSR count). The van der Waals surface area contributed by atoms with Crippen molar-refractivity contribution >= 4 is 0 Å². The predicted octanol–water partition coefficient (Wildman–Crippen LogP) is 2.71. The molecule has 25 heavy (non-hydrogen) atoms. The standard InChI is InChI=1S/C21H33N3O/c1-17(18-5-3-2-4-6-18)23-21(10-13-25-14-11-21)16-22-19-9-12-24(15-19)20-7-8-20/h2-6,17,19-20,22-23H,7-16H2,1H3. The molecule has 4 heteroatoms. The van der Waals surface area contributed by atoms with Gasteiger partial charge in [-0.15, -0.1) is 0 Å². The molecule has 4 nitrogen and oxygen atoms in total. The molecule has 2 N–H and O–H groups in total. The number of nitrogens with one attached hydrogen (secondary N) is 2. The largest absolute Gasteiger partial charge is 0.381 e. The Balaban J connectivity index is 1.35. The van der Waals surface area contributed by atoms with Crippen LogP contribution in [0.3, 0.4) is 0 Å². The van der Waals surface area contributed by atoms with Crippen molar-refractivity contribution in [3.63, 3.8) is 0 Å². The average molecular weight is 344 g/mol. The van der Waals surface area contributed by atoms with Crippen molar-refractivity contribution in [1.29, 1.82) is 0 Å². The first kappa shape index (κ1) is 17.5. The van der Waals surface area contributed by atoms with Crippen molar-refractivity contribution in [1.82, 2.24) is 15.5 Å². The van der Waals surface area contributed by atoms with Gasteiger partial charge in [0.05, 0.1) is 0 Å². The van der Waals surface area contributed by atoms with Crippen LogP contribution >= 0.6 is 0 Å². The van der Waals surface area contributed by atoms with Crippen molar-refractivity contribution in [2.45, 2.75) is 62.7 Å². The molecule has 0 bridgehead atoms. The molecule has 1 saturated carbocycles. The number of likely N-dealkylation sites (tertiary alicyclic amines) is 1. The van der Waals surface area contributed by atoms with E-state index >= 15 is 0 Å². The monoisotopic (exact) mass is 343 g/mol. The van der Waals surface area contributed by atoms with Crippen LogP contribution < -0.4 is 10.6 Å². The molecule has 2 aliphatic heterocycles. The second-order valence-electron chi connectivity index (χ2n) is 8.26. The van der Waals surface area contributed by atoms with Gasteiger partial charge in [0.25, 0.3) is 0 Å².